The van der Waals surface area contributed by atoms with E-state index in [4.69, 9.17) is 0 Å². The van der Waals surface area contributed by atoms with Crippen molar-refractivity contribution in [1.29, 1.82) is 5.26 Å². The highest BCUT2D eigenvalue weighted by atomic mass is 32.3. The van der Waals surface area contributed by atoms with E-state index in [9.17, 15) is 22.4 Å². The average Bonchev–Trinajstić information content (AvgIpc) is 2.84. The fraction of sp³-hybridized carbons (Fsp3) is 0.267. The first-order valence-corrected chi connectivity index (χ1v) is 8.45. The van der Waals surface area contributed by atoms with Crippen molar-refractivity contribution in [2.45, 2.75) is 6.42 Å². The lowest BCUT2D eigenvalue weighted by Crippen LogP contribution is -2.26. The predicted molar refractivity (Wildman–Crippen MR) is 81.8 cm³/mol. The molecular weight excluding hydrogens is 321 g/mol. The normalized spacial score (nSPS) is 18.3. The second-order valence-electron chi connectivity index (χ2n) is 5.42. The minimum absolute atomic E-state index is 0.0565. The number of nitriles is 1. The zero-order valence-corrected chi connectivity index (χ0v) is 12.8. The fourth-order valence-electron chi connectivity index (χ4n) is 2.89. The summed E-state index contributed by atoms with van der Waals surface area (Å²) in [5.41, 5.74) is 1.33. The minimum atomic E-state index is -4.64. The van der Waals surface area contributed by atoms with Gasteiger partial charge in [-0.2, -0.15) is 13.7 Å². The van der Waals surface area contributed by atoms with E-state index in [0.29, 0.717) is 22.2 Å². The summed E-state index contributed by atoms with van der Waals surface area (Å²) < 4.78 is 34.4. The number of hydrogen-bond acceptors (Lipinski definition) is 5. The van der Waals surface area contributed by atoms with Crippen molar-refractivity contribution in [2.24, 2.45) is 5.92 Å². The molecule has 8 heteroatoms. The van der Waals surface area contributed by atoms with E-state index in [1.165, 1.54) is 4.90 Å². The Morgan fingerprint density at radius 3 is 2.87 bits per heavy atom. The number of aromatic nitrogens is 1. The largest absolute Gasteiger partial charge is 0.311 e. The average molecular weight is 333 g/mol. The number of hydrogen-bond donors (Lipinski definition) is 0. The van der Waals surface area contributed by atoms with Crippen LogP contribution in [0.1, 0.15) is 12.0 Å². The third-order valence-corrected chi connectivity index (χ3v) is 4.68. The third kappa shape index (κ3) is 3.00. The van der Waals surface area contributed by atoms with Gasteiger partial charge in [0, 0.05) is 30.5 Å². The molecular formula is C15H12FN3O3S. The minimum Gasteiger partial charge on any atom is -0.311 e. The van der Waals surface area contributed by atoms with Gasteiger partial charge in [0.1, 0.15) is 6.07 Å². The van der Waals surface area contributed by atoms with E-state index in [-0.39, 0.29) is 18.9 Å². The van der Waals surface area contributed by atoms with Gasteiger partial charge in [-0.1, -0.05) is 0 Å². The van der Waals surface area contributed by atoms with Gasteiger partial charge in [0.25, 0.3) is 0 Å². The Hall–Kier alpha value is -2.53. The molecule has 0 radical (unpaired) electrons. The van der Waals surface area contributed by atoms with Gasteiger partial charge in [-0.3, -0.25) is 9.78 Å². The van der Waals surface area contributed by atoms with E-state index < -0.39 is 21.9 Å². The zero-order chi connectivity index (χ0) is 16.6. The number of carbonyl (C=O) groups is 1. The number of nitrogens with zero attached hydrogens (tertiary/aromatic N) is 3. The van der Waals surface area contributed by atoms with Crippen molar-refractivity contribution in [2.75, 3.05) is 17.2 Å². The van der Waals surface area contributed by atoms with Crippen LogP contribution < -0.4 is 4.90 Å². The Balaban J connectivity index is 2.01. The summed E-state index contributed by atoms with van der Waals surface area (Å²) in [7, 11) is -4.64. The molecule has 1 aliphatic rings. The molecule has 0 aliphatic carbocycles. The van der Waals surface area contributed by atoms with E-state index in [0.717, 1.165) is 0 Å². The zero-order valence-electron chi connectivity index (χ0n) is 11.9. The lowest BCUT2D eigenvalue weighted by molar-refractivity contribution is -0.117. The molecule has 1 aliphatic heterocycles. The van der Waals surface area contributed by atoms with Gasteiger partial charge in [-0.25, -0.2) is 0 Å². The van der Waals surface area contributed by atoms with Crippen LogP contribution in [0.15, 0.2) is 30.5 Å². The second-order valence-corrected chi connectivity index (χ2v) is 6.83. The Bertz CT molecular complexity index is 937. The molecule has 1 aromatic carbocycles. The number of amides is 1. The van der Waals surface area contributed by atoms with Crippen molar-refractivity contribution < 1.29 is 17.1 Å². The van der Waals surface area contributed by atoms with Crippen LogP contribution in [0.5, 0.6) is 0 Å². The molecule has 23 heavy (non-hydrogen) atoms. The number of benzene rings is 1. The van der Waals surface area contributed by atoms with Gasteiger partial charge in [0.05, 0.1) is 22.5 Å². The van der Waals surface area contributed by atoms with E-state index in [1.54, 1.807) is 30.5 Å². The van der Waals surface area contributed by atoms with Crippen LogP contribution in [-0.2, 0) is 15.0 Å². The van der Waals surface area contributed by atoms with Crippen molar-refractivity contribution in [3.05, 3.63) is 36.0 Å². The highest BCUT2D eigenvalue weighted by molar-refractivity contribution is 7.86. The summed E-state index contributed by atoms with van der Waals surface area (Å²) in [5.74, 6) is -1.63. The maximum atomic E-state index is 12.8. The predicted octanol–water partition coefficient (Wildman–Crippen LogP) is 1.76. The van der Waals surface area contributed by atoms with Gasteiger partial charge >= 0.3 is 10.2 Å². The molecule has 3 rings (SSSR count). The molecule has 1 unspecified atom stereocenters. The highest BCUT2D eigenvalue weighted by Crippen LogP contribution is 2.32. The third-order valence-electron chi connectivity index (χ3n) is 3.81. The van der Waals surface area contributed by atoms with Crippen molar-refractivity contribution in [1.82, 2.24) is 4.98 Å². The van der Waals surface area contributed by atoms with Gasteiger partial charge < -0.3 is 4.90 Å². The van der Waals surface area contributed by atoms with Gasteiger partial charge in [-0.05, 0) is 24.3 Å². The molecule has 1 atom stereocenters. The molecule has 1 amide bonds. The molecule has 2 aromatic rings. The summed E-state index contributed by atoms with van der Waals surface area (Å²) in [6.07, 6.45) is 1.55. The molecule has 1 fully saturated rings. The summed E-state index contributed by atoms with van der Waals surface area (Å²) in [5, 5.41) is 10.1. The first-order chi connectivity index (χ1) is 10.9. The van der Waals surface area contributed by atoms with Crippen LogP contribution in [0.2, 0.25) is 0 Å². The first-order valence-electron chi connectivity index (χ1n) is 6.89. The van der Waals surface area contributed by atoms with Gasteiger partial charge in [0.15, 0.2) is 0 Å². The van der Waals surface area contributed by atoms with Crippen molar-refractivity contribution in [3.63, 3.8) is 0 Å². The van der Waals surface area contributed by atoms with Crippen LogP contribution in [0, 0.1) is 17.2 Å². The number of halogens is 1. The lowest BCUT2D eigenvalue weighted by atomic mass is 10.1. The molecule has 0 spiro atoms. The smallest absolute Gasteiger partial charge is 0.302 e. The summed E-state index contributed by atoms with van der Waals surface area (Å²) in [6, 6.07) is 8.80. The topological polar surface area (TPSA) is 91.1 Å². The highest BCUT2D eigenvalue weighted by Gasteiger charge is 2.34. The molecule has 0 bridgehead atoms. The van der Waals surface area contributed by atoms with Gasteiger partial charge in [0.2, 0.25) is 5.91 Å². The van der Waals surface area contributed by atoms with Crippen molar-refractivity contribution >= 4 is 32.7 Å². The monoisotopic (exact) mass is 333 g/mol. The summed E-state index contributed by atoms with van der Waals surface area (Å²) >= 11 is 0. The second kappa shape index (κ2) is 5.59. The Morgan fingerprint density at radius 1 is 1.39 bits per heavy atom. The van der Waals surface area contributed by atoms with Crippen LogP contribution in [-0.4, -0.2) is 31.6 Å². The number of carbonyl (C=O) groups excluding carboxylic acids is 1. The number of fused-ring (bicyclic) bond motifs is 1. The lowest BCUT2D eigenvalue weighted by Gasteiger charge is -2.18. The van der Waals surface area contributed by atoms with Crippen LogP contribution in [0.25, 0.3) is 10.9 Å². The maximum Gasteiger partial charge on any atom is 0.302 e. The molecule has 1 saturated heterocycles. The quantitative estimate of drug-likeness (QED) is 0.798. The Morgan fingerprint density at radius 2 is 2.17 bits per heavy atom. The molecule has 0 N–H and O–H groups in total. The SMILES string of the molecule is N#Cc1c(N2CC(CS(=O)(=O)F)CC2=O)ccc2ncccc12. The van der Waals surface area contributed by atoms with Gasteiger partial charge in [-0.15, -0.1) is 3.89 Å². The summed E-state index contributed by atoms with van der Waals surface area (Å²) in [4.78, 5) is 17.7. The van der Waals surface area contributed by atoms with E-state index in [1.807, 2.05) is 0 Å². The molecule has 6 nitrogen and oxygen atoms in total. The fourth-order valence-corrected chi connectivity index (χ4v) is 3.68. The Labute approximate surface area is 132 Å². The molecule has 1 aromatic heterocycles. The van der Waals surface area contributed by atoms with E-state index in [2.05, 4.69) is 11.1 Å². The molecule has 0 saturated carbocycles. The maximum absolute atomic E-state index is 12.8. The van der Waals surface area contributed by atoms with Crippen LogP contribution >= 0.6 is 0 Å². The molecule has 118 valence electrons. The standard InChI is InChI=1S/C15H12FN3O3S/c16-23(21,22)9-10-6-15(20)19(8-10)14-4-3-13-11(12(14)7-17)2-1-5-18-13/h1-5,10H,6,8-9H2. The van der Waals surface area contributed by atoms with Crippen LogP contribution in [0.3, 0.4) is 0 Å². The Kier molecular flexibility index (Phi) is 3.74. The van der Waals surface area contributed by atoms with E-state index >= 15 is 0 Å². The number of pyridine rings is 1. The number of rotatable bonds is 3. The number of anilines is 1. The molecule has 2 heterocycles. The first kappa shape index (κ1) is 15.4. The van der Waals surface area contributed by atoms with Crippen LogP contribution in [0.4, 0.5) is 9.57 Å². The van der Waals surface area contributed by atoms with Crippen molar-refractivity contribution in [3.8, 4) is 6.07 Å². The summed E-state index contributed by atoms with van der Waals surface area (Å²) in [6.45, 7) is 0.0719.